The average Bonchev–Trinajstić information content (AvgIpc) is 2.34. The van der Waals surface area contributed by atoms with E-state index >= 15 is 0 Å². The van der Waals surface area contributed by atoms with Crippen molar-refractivity contribution in [2.75, 3.05) is 7.11 Å². The van der Waals surface area contributed by atoms with Crippen LogP contribution in [-0.4, -0.2) is 58.8 Å². The number of hydrogen-bond donors (Lipinski definition) is 2. The number of carboxylic acid groups (broad SMARTS) is 1. The van der Waals surface area contributed by atoms with Gasteiger partial charge in [0.15, 0.2) is 11.9 Å². The third-order valence-corrected chi connectivity index (χ3v) is 2.34. The number of nitrogens with zero attached hydrogens (tertiary/aromatic N) is 2. The van der Waals surface area contributed by atoms with Crippen molar-refractivity contribution < 1.29 is 33.8 Å². The molecule has 0 aliphatic rings. The molecule has 0 bridgehead atoms. The average molecular weight is 285 g/mol. The molecule has 0 spiro atoms. The summed E-state index contributed by atoms with van der Waals surface area (Å²) < 4.78 is 4.64. The van der Waals surface area contributed by atoms with Gasteiger partial charge in [0.25, 0.3) is 5.91 Å². The quantitative estimate of drug-likeness (QED) is 0.236. The number of ketones is 2. The standard InChI is InChI=1S/C11H15N3O6/c1-6(15)9(20-2)10(17)14-8(11(18)19)4-3-7(16)5-13-12/h5,8-9H,3-4H2,1-2H3,(H,14,17)(H,18,19). The fraction of sp³-hybridized carbons (Fsp3) is 0.545. The van der Waals surface area contributed by atoms with Crippen LogP contribution in [0.2, 0.25) is 0 Å². The minimum absolute atomic E-state index is 0.208. The van der Waals surface area contributed by atoms with Crippen molar-refractivity contribution in [3.63, 3.8) is 0 Å². The van der Waals surface area contributed by atoms with Gasteiger partial charge < -0.3 is 20.7 Å². The highest BCUT2D eigenvalue weighted by Gasteiger charge is 2.28. The fourth-order valence-corrected chi connectivity index (χ4v) is 1.38. The Morgan fingerprint density at radius 1 is 1.40 bits per heavy atom. The normalized spacial score (nSPS) is 12.7. The first kappa shape index (κ1) is 17.6. The number of Topliss-reactive ketones (excluding diaryl/α,β-unsaturated/α-hetero) is 2. The topological polar surface area (TPSA) is 146 Å². The molecule has 9 nitrogen and oxygen atoms in total. The number of nitrogens with one attached hydrogen (secondary N) is 1. The van der Waals surface area contributed by atoms with Gasteiger partial charge in [0.1, 0.15) is 6.04 Å². The van der Waals surface area contributed by atoms with Crippen LogP contribution in [-0.2, 0) is 23.9 Å². The molecule has 2 N–H and O–H groups in total. The molecule has 0 aromatic rings. The van der Waals surface area contributed by atoms with Crippen LogP contribution in [0.25, 0.3) is 5.53 Å². The maximum Gasteiger partial charge on any atom is 0.326 e. The number of carbonyl (C=O) groups excluding carboxylic acids is 3. The van der Waals surface area contributed by atoms with Gasteiger partial charge in [-0.15, -0.1) is 0 Å². The fourth-order valence-electron chi connectivity index (χ4n) is 1.38. The summed E-state index contributed by atoms with van der Waals surface area (Å²) in [6.45, 7) is 1.13. The molecule has 0 aromatic carbocycles. The second kappa shape index (κ2) is 8.68. The highest BCUT2D eigenvalue weighted by atomic mass is 16.5. The van der Waals surface area contributed by atoms with Gasteiger partial charge in [0, 0.05) is 13.5 Å². The first-order chi connectivity index (χ1) is 9.33. The van der Waals surface area contributed by atoms with Crippen LogP contribution < -0.4 is 5.32 Å². The molecule has 0 fully saturated rings. The Morgan fingerprint density at radius 3 is 2.40 bits per heavy atom. The van der Waals surface area contributed by atoms with E-state index in [0.29, 0.717) is 6.21 Å². The Balaban J connectivity index is 4.66. The lowest BCUT2D eigenvalue weighted by molar-refractivity contribution is -0.147. The number of rotatable bonds is 9. The zero-order chi connectivity index (χ0) is 15.7. The number of methoxy groups -OCH3 is 1. The molecule has 110 valence electrons. The van der Waals surface area contributed by atoms with Crippen LogP contribution in [0.4, 0.5) is 0 Å². The summed E-state index contributed by atoms with van der Waals surface area (Å²) in [6.07, 6.45) is -1.21. The van der Waals surface area contributed by atoms with E-state index in [1.165, 1.54) is 0 Å². The van der Waals surface area contributed by atoms with Gasteiger partial charge in [0.05, 0.1) is 0 Å². The Bertz CT molecular complexity index is 455. The van der Waals surface area contributed by atoms with Gasteiger partial charge in [-0.05, 0) is 13.3 Å². The zero-order valence-corrected chi connectivity index (χ0v) is 11.0. The van der Waals surface area contributed by atoms with Crippen molar-refractivity contribution in [1.82, 2.24) is 5.32 Å². The van der Waals surface area contributed by atoms with Gasteiger partial charge in [-0.25, -0.2) is 4.79 Å². The molecule has 1 amide bonds. The Labute approximate surface area is 114 Å². The predicted molar refractivity (Wildman–Crippen MR) is 65.0 cm³/mol. The molecule has 0 rings (SSSR count). The highest BCUT2D eigenvalue weighted by Crippen LogP contribution is 2.01. The van der Waals surface area contributed by atoms with Crippen molar-refractivity contribution in [2.24, 2.45) is 0 Å². The van der Waals surface area contributed by atoms with Crippen LogP contribution in [0.5, 0.6) is 0 Å². The largest absolute Gasteiger partial charge is 0.480 e. The van der Waals surface area contributed by atoms with E-state index < -0.39 is 35.6 Å². The molecule has 0 aromatic heterocycles. The molecule has 2 atom stereocenters. The van der Waals surface area contributed by atoms with Gasteiger partial charge in [-0.2, -0.15) is 4.79 Å². The predicted octanol–water partition coefficient (Wildman–Crippen LogP) is -1.19. The maximum atomic E-state index is 11.6. The molecule has 0 saturated carbocycles. The van der Waals surface area contributed by atoms with E-state index in [0.717, 1.165) is 14.0 Å². The second-order valence-electron chi connectivity index (χ2n) is 3.88. The van der Waals surface area contributed by atoms with Crippen LogP contribution in [0.15, 0.2) is 0 Å². The summed E-state index contributed by atoms with van der Waals surface area (Å²) >= 11 is 0. The van der Waals surface area contributed by atoms with E-state index in [1.54, 1.807) is 0 Å². The van der Waals surface area contributed by atoms with Gasteiger partial charge in [-0.3, -0.25) is 14.4 Å². The van der Waals surface area contributed by atoms with E-state index in [9.17, 15) is 19.2 Å². The minimum atomic E-state index is -1.40. The molecular weight excluding hydrogens is 270 g/mol. The maximum absolute atomic E-state index is 11.6. The number of amides is 1. The third kappa shape index (κ3) is 5.98. The molecule has 0 saturated heterocycles. The van der Waals surface area contributed by atoms with Crippen LogP contribution >= 0.6 is 0 Å². The lowest BCUT2D eigenvalue weighted by Crippen LogP contribution is -2.48. The van der Waals surface area contributed by atoms with Crippen LogP contribution in [0, 0.1) is 0 Å². The molecule has 2 unspecified atom stereocenters. The molecule has 20 heavy (non-hydrogen) atoms. The summed E-state index contributed by atoms with van der Waals surface area (Å²) in [6, 6.07) is -1.35. The lowest BCUT2D eigenvalue weighted by atomic mass is 10.1. The molecule has 0 aliphatic heterocycles. The molecular formula is C11H15N3O6. The van der Waals surface area contributed by atoms with Crippen molar-refractivity contribution in [3.05, 3.63) is 5.53 Å². The Kier molecular flexibility index (Phi) is 7.64. The summed E-state index contributed by atoms with van der Waals surface area (Å²) in [4.78, 5) is 47.2. The summed E-state index contributed by atoms with van der Waals surface area (Å²) in [5.41, 5.74) is 8.13. The van der Waals surface area contributed by atoms with Crippen molar-refractivity contribution in [3.8, 4) is 0 Å². The van der Waals surface area contributed by atoms with Crippen molar-refractivity contribution >= 4 is 29.7 Å². The number of ether oxygens (including phenoxy) is 1. The number of aliphatic carboxylic acids is 1. The second-order valence-corrected chi connectivity index (χ2v) is 3.88. The van der Waals surface area contributed by atoms with Gasteiger partial charge in [-0.1, -0.05) is 0 Å². The van der Waals surface area contributed by atoms with E-state index in [-0.39, 0.29) is 12.8 Å². The molecule has 0 radical (unpaired) electrons. The third-order valence-electron chi connectivity index (χ3n) is 2.34. The molecule has 9 heteroatoms. The zero-order valence-electron chi connectivity index (χ0n) is 11.0. The Hall–Kier alpha value is -2.38. The monoisotopic (exact) mass is 285 g/mol. The van der Waals surface area contributed by atoms with Crippen molar-refractivity contribution in [2.45, 2.75) is 31.9 Å². The first-order valence-electron chi connectivity index (χ1n) is 5.60. The summed E-state index contributed by atoms with van der Waals surface area (Å²) in [5.74, 6) is -3.42. The van der Waals surface area contributed by atoms with Crippen molar-refractivity contribution in [1.29, 1.82) is 0 Å². The summed E-state index contributed by atoms with van der Waals surface area (Å²) in [5, 5.41) is 11.0. The molecule has 0 aliphatic carbocycles. The van der Waals surface area contributed by atoms with Gasteiger partial charge in [0.2, 0.25) is 5.78 Å². The van der Waals surface area contributed by atoms with E-state index in [1.807, 2.05) is 0 Å². The Morgan fingerprint density at radius 2 is 2.00 bits per heavy atom. The van der Waals surface area contributed by atoms with Crippen LogP contribution in [0.3, 0.4) is 0 Å². The number of carboxylic acids is 1. The smallest absolute Gasteiger partial charge is 0.326 e. The van der Waals surface area contributed by atoms with Crippen LogP contribution in [0.1, 0.15) is 19.8 Å². The van der Waals surface area contributed by atoms with E-state index in [4.69, 9.17) is 10.6 Å². The molecule has 0 heterocycles. The highest BCUT2D eigenvalue weighted by molar-refractivity contribution is 6.25. The minimum Gasteiger partial charge on any atom is -0.480 e. The van der Waals surface area contributed by atoms with Gasteiger partial charge >= 0.3 is 12.2 Å². The first-order valence-corrected chi connectivity index (χ1v) is 5.60. The SMILES string of the molecule is COC(C(C)=O)C(=O)NC(CCC(=O)C=[N+]=[N-])C(=O)O. The number of carbonyl (C=O) groups is 4. The van der Waals surface area contributed by atoms with E-state index in [2.05, 4.69) is 14.8 Å². The summed E-state index contributed by atoms with van der Waals surface area (Å²) in [7, 11) is 1.14. The lowest BCUT2D eigenvalue weighted by Gasteiger charge is -2.17. The number of hydrogen-bond acceptors (Lipinski definition) is 5.